The highest BCUT2D eigenvalue weighted by Gasteiger charge is 2.29. The van der Waals surface area contributed by atoms with Crippen molar-refractivity contribution in [1.29, 1.82) is 0 Å². The lowest BCUT2D eigenvalue weighted by atomic mass is 9.99. The molecule has 0 bridgehead atoms. The summed E-state index contributed by atoms with van der Waals surface area (Å²) in [6.45, 7) is 9.14. The molecule has 0 N–H and O–H groups in total. The average Bonchev–Trinajstić information content (AvgIpc) is 2.65. The van der Waals surface area contributed by atoms with Crippen LogP contribution in [-0.4, -0.2) is 67.0 Å². The van der Waals surface area contributed by atoms with Crippen LogP contribution in [0.2, 0.25) is 0 Å². The minimum Gasteiger partial charge on any atom is -0.496 e. The van der Waals surface area contributed by atoms with Gasteiger partial charge in [0.1, 0.15) is 17.6 Å². The predicted molar refractivity (Wildman–Crippen MR) is 106 cm³/mol. The number of aldehydes is 1. The number of amides is 2. The molecule has 7 nitrogen and oxygen atoms in total. The molecule has 2 rings (SSSR count). The van der Waals surface area contributed by atoms with Crippen molar-refractivity contribution >= 4 is 18.3 Å². The van der Waals surface area contributed by atoms with E-state index in [0.717, 1.165) is 17.4 Å². The number of hydrogen-bond donors (Lipinski definition) is 0. The predicted octanol–water partition coefficient (Wildman–Crippen LogP) is 2.83. The van der Waals surface area contributed by atoms with Crippen molar-refractivity contribution in [3.05, 3.63) is 28.8 Å². The van der Waals surface area contributed by atoms with Crippen LogP contribution in [0.15, 0.2) is 12.1 Å². The van der Waals surface area contributed by atoms with E-state index in [1.165, 1.54) is 7.11 Å². The van der Waals surface area contributed by atoms with E-state index < -0.39 is 5.60 Å². The van der Waals surface area contributed by atoms with Crippen molar-refractivity contribution in [2.45, 2.75) is 46.1 Å². The van der Waals surface area contributed by atoms with Gasteiger partial charge < -0.3 is 24.1 Å². The van der Waals surface area contributed by atoms with Crippen molar-refractivity contribution in [1.82, 2.24) is 9.80 Å². The summed E-state index contributed by atoms with van der Waals surface area (Å²) in [6, 6.07) is 3.66. The Hall–Kier alpha value is -2.57. The van der Waals surface area contributed by atoms with Crippen LogP contribution >= 0.6 is 0 Å². The SMILES string of the molecule is COc1cc(C)c(CCC=O)cc1C(=O)N1CCN(C(=O)OC(C)(C)C)CC1. The summed E-state index contributed by atoms with van der Waals surface area (Å²) in [5, 5.41) is 0. The molecule has 0 unspecified atom stereocenters. The van der Waals surface area contributed by atoms with Crippen LogP contribution < -0.4 is 4.74 Å². The van der Waals surface area contributed by atoms with Gasteiger partial charge in [0.25, 0.3) is 5.91 Å². The number of piperazine rings is 1. The Bertz CT molecular complexity index is 731. The molecule has 1 fully saturated rings. The number of ether oxygens (including phenoxy) is 2. The molecule has 1 aliphatic rings. The molecule has 28 heavy (non-hydrogen) atoms. The highest BCUT2D eigenvalue weighted by molar-refractivity contribution is 5.97. The number of aryl methyl sites for hydroxylation is 2. The average molecular weight is 390 g/mol. The highest BCUT2D eigenvalue weighted by atomic mass is 16.6. The van der Waals surface area contributed by atoms with E-state index in [0.29, 0.717) is 50.3 Å². The Morgan fingerprint density at radius 3 is 2.25 bits per heavy atom. The van der Waals surface area contributed by atoms with Crippen molar-refractivity contribution in [2.24, 2.45) is 0 Å². The molecule has 1 aliphatic heterocycles. The third-order valence-electron chi connectivity index (χ3n) is 4.64. The van der Waals surface area contributed by atoms with Crippen molar-refractivity contribution in [3.63, 3.8) is 0 Å². The Kier molecular flexibility index (Phi) is 7.05. The molecule has 7 heteroatoms. The Morgan fingerprint density at radius 1 is 1.11 bits per heavy atom. The zero-order valence-electron chi connectivity index (χ0n) is 17.4. The fraction of sp³-hybridized carbons (Fsp3) is 0.571. The first-order chi connectivity index (χ1) is 13.2. The first-order valence-electron chi connectivity index (χ1n) is 9.54. The minimum atomic E-state index is -0.544. The Labute approximate surface area is 166 Å². The lowest BCUT2D eigenvalue weighted by molar-refractivity contribution is -0.107. The van der Waals surface area contributed by atoms with Crippen LogP contribution in [0, 0.1) is 6.92 Å². The molecule has 0 spiro atoms. The van der Waals surface area contributed by atoms with Crippen LogP contribution in [-0.2, 0) is 16.0 Å². The van der Waals surface area contributed by atoms with E-state index >= 15 is 0 Å². The molecule has 1 aromatic carbocycles. The van der Waals surface area contributed by atoms with Gasteiger partial charge in [0, 0.05) is 32.6 Å². The number of benzene rings is 1. The number of carbonyl (C=O) groups excluding carboxylic acids is 3. The quantitative estimate of drug-likeness (QED) is 0.723. The molecular formula is C21H30N2O5. The van der Waals surface area contributed by atoms with Crippen molar-refractivity contribution in [3.8, 4) is 5.75 Å². The van der Waals surface area contributed by atoms with Gasteiger partial charge in [-0.05, 0) is 57.4 Å². The van der Waals surface area contributed by atoms with Crippen LogP contribution in [0.3, 0.4) is 0 Å². The summed E-state index contributed by atoms with van der Waals surface area (Å²) in [4.78, 5) is 39.3. The zero-order valence-corrected chi connectivity index (χ0v) is 17.4. The van der Waals surface area contributed by atoms with Gasteiger partial charge in [-0.1, -0.05) is 0 Å². The molecule has 0 aliphatic carbocycles. The number of methoxy groups -OCH3 is 1. The minimum absolute atomic E-state index is 0.131. The molecule has 0 atom stereocenters. The van der Waals surface area contributed by atoms with E-state index in [-0.39, 0.29) is 12.0 Å². The van der Waals surface area contributed by atoms with Crippen molar-refractivity contribution < 1.29 is 23.9 Å². The first kappa shape index (κ1) is 21.7. The lowest BCUT2D eigenvalue weighted by Gasteiger charge is -2.35. The second kappa shape index (κ2) is 9.08. The molecule has 2 amide bonds. The summed E-state index contributed by atoms with van der Waals surface area (Å²) >= 11 is 0. The molecule has 0 radical (unpaired) electrons. The molecule has 1 heterocycles. The van der Waals surface area contributed by atoms with E-state index in [2.05, 4.69) is 0 Å². The molecule has 0 aromatic heterocycles. The second-order valence-corrected chi connectivity index (χ2v) is 7.94. The van der Waals surface area contributed by atoms with E-state index in [1.807, 2.05) is 39.8 Å². The van der Waals surface area contributed by atoms with Gasteiger partial charge in [-0.3, -0.25) is 4.79 Å². The fourth-order valence-corrected chi connectivity index (χ4v) is 3.14. The number of hydrogen-bond acceptors (Lipinski definition) is 5. The highest BCUT2D eigenvalue weighted by Crippen LogP contribution is 2.26. The molecule has 0 saturated carbocycles. The number of nitrogens with zero attached hydrogens (tertiary/aromatic N) is 2. The van der Waals surface area contributed by atoms with Crippen LogP contribution in [0.1, 0.15) is 48.7 Å². The fourth-order valence-electron chi connectivity index (χ4n) is 3.14. The lowest BCUT2D eigenvalue weighted by Crippen LogP contribution is -2.51. The topological polar surface area (TPSA) is 76.2 Å². The van der Waals surface area contributed by atoms with Gasteiger partial charge in [-0.25, -0.2) is 4.79 Å². The summed E-state index contributed by atoms with van der Waals surface area (Å²) in [5.41, 5.74) is 1.89. The van der Waals surface area contributed by atoms with Gasteiger partial charge in [-0.2, -0.15) is 0 Å². The third kappa shape index (κ3) is 5.47. The van der Waals surface area contributed by atoms with E-state index in [4.69, 9.17) is 9.47 Å². The van der Waals surface area contributed by atoms with E-state index in [9.17, 15) is 14.4 Å². The standard InChI is InChI=1S/C21H30N2O5/c1-15-13-18(27-5)17(14-16(15)7-6-12-24)19(25)22-8-10-23(11-9-22)20(26)28-21(2,3)4/h12-14H,6-11H2,1-5H3. The van der Waals surface area contributed by atoms with Gasteiger partial charge in [0.15, 0.2) is 0 Å². The summed E-state index contributed by atoms with van der Waals surface area (Å²) in [7, 11) is 1.54. The molecular weight excluding hydrogens is 360 g/mol. The van der Waals surface area contributed by atoms with Gasteiger partial charge in [0.05, 0.1) is 12.7 Å². The third-order valence-corrected chi connectivity index (χ3v) is 4.64. The normalized spacial score (nSPS) is 14.6. The largest absolute Gasteiger partial charge is 0.496 e. The maximum absolute atomic E-state index is 13.1. The monoisotopic (exact) mass is 390 g/mol. The maximum atomic E-state index is 13.1. The molecule has 154 valence electrons. The zero-order chi connectivity index (χ0) is 20.9. The Morgan fingerprint density at radius 2 is 1.71 bits per heavy atom. The number of rotatable bonds is 5. The smallest absolute Gasteiger partial charge is 0.410 e. The van der Waals surface area contributed by atoms with Crippen LogP contribution in [0.25, 0.3) is 0 Å². The first-order valence-corrected chi connectivity index (χ1v) is 9.54. The summed E-state index contributed by atoms with van der Waals surface area (Å²) < 4.78 is 10.8. The van der Waals surface area contributed by atoms with Crippen molar-refractivity contribution in [2.75, 3.05) is 33.3 Å². The molecule has 1 aromatic rings. The van der Waals surface area contributed by atoms with Gasteiger partial charge in [0.2, 0.25) is 0 Å². The summed E-state index contributed by atoms with van der Waals surface area (Å²) in [6.07, 6.45) is 1.52. The Balaban J connectivity index is 2.10. The van der Waals surface area contributed by atoms with Crippen LogP contribution in [0.5, 0.6) is 5.75 Å². The number of carbonyl (C=O) groups is 3. The molecule has 1 saturated heterocycles. The maximum Gasteiger partial charge on any atom is 0.410 e. The second-order valence-electron chi connectivity index (χ2n) is 7.94. The van der Waals surface area contributed by atoms with Gasteiger partial charge >= 0.3 is 6.09 Å². The van der Waals surface area contributed by atoms with E-state index in [1.54, 1.807) is 9.80 Å². The van der Waals surface area contributed by atoms with Gasteiger partial charge in [-0.15, -0.1) is 0 Å². The van der Waals surface area contributed by atoms with Crippen LogP contribution in [0.4, 0.5) is 4.79 Å². The summed E-state index contributed by atoms with van der Waals surface area (Å²) in [5.74, 6) is 0.389.